The standard InChI is InChI=1S/C18H34N6O2/c1-4-17(26)24-8-6-16(14-24)21-18(19-5-2)20-7-9-22-10-12-23(13-11-22)15(3)25/h16H,4-14H2,1-3H3,(H2,19,20,21). The molecule has 1 unspecified atom stereocenters. The van der Waals surface area contributed by atoms with Gasteiger partial charge < -0.3 is 20.4 Å². The number of nitrogens with one attached hydrogen (secondary N) is 2. The van der Waals surface area contributed by atoms with Crippen LogP contribution in [0.5, 0.6) is 0 Å². The summed E-state index contributed by atoms with van der Waals surface area (Å²) >= 11 is 0. The minimum atomic E-state index is 0.161. The molecule has 8 heteroatoms. The van der Waals surface area contributed by atoms with Crippen molar-refractivity contribution in [3.63, 3.8) is 0 Å². The summed E-state index contributed by atoms with van der Waals surface area (Å²) in [6.07, 6.45) is 1.53. The Balaban J connectivity index is 1.75. The second-order valence-electron chi connectivity index (χ2n) is 6.93. The molecule has 0 saturated carbocycles. The number of hydrogen-bond acceptors (Lipinski definition) is 4. The Morgan fingerprint density at radius 2 is 1.81 bits per heavy atom. The topological polar surface area (TPSA) is 80.3 Å². The normalized spacial score (nSPS) is 21.8. The van der Waals surface area contributed by atoms with Gasteiger partial charge in [0.25, 0.3) is 0 Å². The predicted molar refractivity (Wildman–Crippen MR) is 103 cm³/mol. The van der Waals surface area contributed by atoms with E-state index in [-0.39, 0.29) is 17.9 Å². The third-order valence-corrected chi connectivity index (χ3v) is 5.03. The Morgan fingerprint density at radius 1 is 1.08 bits per heavy atom. The number of likely N-dealkylation sites (tertiary alicyclic amines) is 1. The third kappa shape index (κ3) is 6.16. The SMILES string of the molecule is CCNC(=NCCN1CCN(C(C)=O)CC1)NC1CCN(C(=O)CC)C1. The molecule has 0 aromatic rings. The molecule has 1 atom stereocenters. The van der Waals surface area contributed by atoms with Crippen molar-refractivity contribution in [2.45, 2.75) is 39.7 Å². The zero-order valence-corrected chi connectivity index (χ0v) is 16.5. The second kappa shape index (κ2) is 10.4. The van der Waals surface area contributed by atoms with Crippen molar-refractivity contribution < 1.29 is 9.59 Å². The van der Waals surface area contributed by atoms with E-state index in [2.05, 4.69) is 27.4 Å². The molecular formula is C18H34N6O2. The second-order valence-corrected chi connectivity index (χ2v) is 6.93. The summed E-state index contributed by atoms with van der Waals surface area (Å²) in [5, 5.41) is 6.75. The molecule has 0 aromatic carbocycles. The van der Waals surface area contributed by atoms with Crippen LogP contribution >= 0.6 is 0 Å². The van der Waals surface area contributed by atoms with Gasteiger partial charge in [0, 0.05) is 71.7 Å². The molecule has 148 valence electrons. The van der Waals surface area contributed by atoms with Crippen LogP contribution in [0, 0.1) is 0 Å². The number of aliphatic imine (C=N–C) groups is 1. The number of rotatable bonds is 6. The molecule has 8 nitrogen and oxygen atoms in total. The van der Waals surface area contributed by atoms with Crippen LogP contribution in [0.25, 0.3) is 0 Å². The summed E-state index contributed by atoms with van der Waals surface area (Å²) in [7, 11) is 0. The summed E-state index contributed by atoms with van der Waals surface area (Å²) < 4.78 is 0. The first-order valence-corrected chi connectivity index (χ1v) is 9.84. The average molecular weight is 367 g/mol. The van der Waals surface area contributed by atoms with Crippen LogP contribution < -0.4 is 10.6 Å². The van der Waals surface area contributed by atoms with Crippen LogP contribution in [0.15, 0.2) is 4.99 Å². The van der Waals surface area contributed by atoms with E-state index in [1.807, 2.05) is 16.7 Å². The molecule has 2 N–H and O–H groups in total. The fraction of sp³-hybridized carbons (Fsp3) is 0.833. The number of amides is 2. The van der Waals surface area contributed by atoms with Crippen molar-refractivity contribution in [1.82, 2.24) is 25.3 Å². The zero-order valence-electron chi connectivity index (χ0n) is 16.5. The van der Waals surface area contributed by atoms with Crippen molar-refractivity contribution in [3.05, 3.63) is 0 Å². The quantitative estimate of drug-likeness (QED) is 0.499. The minimum Gasteiger partial charge on any atom is -0.357 e. The van der Waals surface area contributed by atoms with E-state index < -0.39 is 0 Å². The lowest BCUT2D eigenvalue weighted by molar-refractivity contribution is -0.131. The maximum atomic E-state index is 11.8. The molecule has 2 heterocycles. The Hall–Kier alpha value is -1.83. The van der Waals surface area contributed by atoms with E-state index in [0.29, 0.717) is 6.42 Å². The monoisotopic (exact) mass is 366 g/mol. The van der Waals surface area contributed by atoms with E-state index in [1.54, 1.807) is 6.92 Å². The van der Waals surface area contributed by atoms with E-state index in [1.165, 1.54) is 0 Å². The summed E-state index contributed by atoms with van der Waals surface area (Å²) in [6, 6.07) is 0.266. The van der Waals surface area contributed by atoms with E-state index in [0.717, 1.165) is 71.3 Å². The highest BCUT2D eigenvalue weighted by molar-refractivity contribution is 5.80. The van der Waals surface area contributed by atoms with Gasteiger partial charge in [-0.3, -0.25) is 19.5 Å². The maximum Gasteiger partial charge on any atom is 0.222 e. The van der Waals surface area contributed by atoms with Gasteiger partial charge in [-0.2, -0.15) is 0 Å². The molecular weight excluding hydrogens is 332 g/mol. The van der Waals surface area contributed by atoms with Gasteiger partial charge in [0.05, 0.1) is 6.54 Å². The Labute approximate surface area is 157 Å². The van der Waals surface area contributed by atoms with E-state index >= 15 is 0 Å². The van der Waals surface area contributed by atoms with Gasteiger partial charge in [-0.25, -0.2) is 0 Å². The van der Waals surface area contributed by atoms with Gasteiger partial charge in [-0.1, -0.05) is 6.92 Å². The zero-order chi connectivity index (χ0) is 18.9. The van der Waals surface area contributed by atoms with Crippen molar-refractivity contribution in [1.29, 1.82) is 0 Å². The van der Waals surface area contributed by atoms with Crippen LogP contribution in [-0.2, 0) is 9.59 Å². The first kappa shape index (κ1) is 20.5. The lowest BCUT2D eigenvalue weighted by Gasteiger charge is -2.33. The molecule has 0 spiro atoms. The minimum absolute atomic E-state index is 0.161. The van der Waals surface area contributed by atoms with Gasteiger partial charge in [-0.05, 0) is 13.3 Å². The van der Waals surface area contributed by atoms with Gasteiger partial charge in [-0.15, -0.1) is 0 Å². The van der Waals surface area contributed by atoms with Gasteiger partial charge in [0.15, 0.2) is 5.96 Å². The van der Waals surface area contributed by atoms with Gasteiger partial charge >= 0.3 is 0 Å². The van der Waals surface area contributed by atoms with Crippen molar-refractivity contribution in [2.75, 3.05) is 58.9 Å². The molecule has 26 heavy (non-hydrogen) atoms. The van der Waals surface area contributed by atoms with Gasteiger partial charge in [0.2, 0.25) is 11.8 Å². The smallest absolute Gasteiger partial charge is 0.222 e. The van der Waals surface area contributed by atoms with Crippen LogP contribution in [0.4, 0.5) is 0 Å². The molecule has 0 bridgehead atoms. The van der Waals surface area contributed by atoms with Crippen LogP contribution in [-0.4, -0.2) is 97.4 Å². The Kier molecular flexibility index (Phi) is 8.15. The predicted octanol–water partition coefficient (Wildman–Crippen LogP) is -0.283. The van der Waals surface area contributed by atoms with Crippen molar-refractivity contribution in [3.8, 4) is 0 Å². The number of carbonyl (C=O) groups excluding carboxylic acids is 2. The molecule has 0 aromatic heterocycles. The summed E-state index contributed by atoms with van der Waals surface area (Å²) in [5.74, 6) is 1.21. The van der Waals surface area contributed by atoms with Crippen LogP contribution in [0.1, 0.15) is 33.6 Å². The van der Waals surface area contributed by atoms with Crippen LogP contribution in [0.2, 0.25) is 0 Å². The molecule has 2 fully saturated rings. The number of carbonyl (C=O) groups is 2. The molecule has 0 aliphatic carbocycles. The molecule has 2 aliphatic heterocycles. The lowest BCUT2D eigenvalue weighted by Crippen LogP contribution is -2.49. The summed E-state index contributed by atoms with van der Waals surface area (Å²) in [4.78, 5) is 34.0. The number of piperazine rings is 1. The Bertz CT molecular complexity index is 502. The highest BCUT2D eigenvalue weighted by Gasteiger charge is 2.25. The van der Waals surface area contributed by atoms with Crippen molar-refractivity contribution >= 4 is 17.8 Å². The molecule has 2 rings (SSSR count). The third-order valence-electron chi connectivity index (χ3n) is 5.03. The fourth-order valence-corrected chi connectivity index (χ4v) is 3.43. The largest absolute Gasteiger partial charge is 0.357 e. The molecule has 2 saturated heterocycles. The average Bonchev–Trinajstić information content (AvgIpc) is 3.10. The highest BCUT2D eigenvalue weighted by atomic mass is 16.2. The summed E-state index contributed by atoms with van der Waals surface area (Å²) in [5.41, 5.74) is 0. The Morgan fingerprint density at radius 3 is 2.42 bits per heavy atom. The highest BCUT2D eigenvalue weighted by Crippen LogP contribution is 2.10. The van der Waals surface area contributed by atoms with E-state index in [4.69, 9.17) is 0 Å². The number of nitrogens with zero attached hydrogens (tertiary/aromatic N) is 4. The molecule has 2 aliphatic rings. The first-order valence-electron chi connectivity index (χ1n) is 9.84. The number of guanidine groups is 1. The van der Waals surface area contributed by atoms with Crippen molar-refractivity contribution in [2.24, 2.45) is 4.99 Å². The van der Waals surface area contributed by atoms with Gasteiger partial charge in [0.1, 0.15) is 0 Å². The molecule has 2 amide bonds. The molecule has 0 radical (unpaired) electrons. The summed E-state index contributed by atoms with van der Waals surface area (Å²) in [6.45, 7) is 13.0. The maximum absolute atomic E-state index is 11.8. The fourth-order valence-electron chi connectivity index (χ4n) is 3.43. The van der Waals surface area contributed by atoms with E-state index in [9.17, 15) is 9.59 Å². The van der Waals surface area contributed by atoms with Crippen LogP contribution in [0.3, 0.4) is 0 Å². The first-order chi connectivity index (χ1) is 12.5. The lowest BCUT2D eigenvalue weighted by atomic mass is 10.3. The number of hydrogen-bond donors (Lipinski definition) is 2.